The second kappa shape index (κ2) is 2.20. The van der Waals surface area contributed by atoms with E-state index in [2.05, 4.69) is 7.05 Å². The van der Waals surface area contributed by atoms with Crippen LogP contribution in [-0.2, 0) is 0 Å². The Morgan fingerprint density at radius 3 is 3.00 bits per heavy atom. The van der Waals surface area contributed by atoms with Gasteiger partial charge in [-0.1, -0.05) is 0 Å². The van der Waals surface area contributed by atoms with Crippen LogP contribution in [-0.4, -0.2) is 4.57 Å². The van der Waals surface area contributed by atoms with Crippen LogP contribution in [0, 0.1) is 12.9 Å². The van der Waals surface area contributed by atoms with E-state index in [9.17, 15) is 9.18 Å². The predicted molar refractivity (Wildman–Crippen MR) is 41.2 cm³/mol. The van der Waals surface area contributed by atoms with Crippen LogP contribution in [0.4, 0.5) is 4.39 Å². The van der Waals surface area contributed by atoms with Gasteiger partial charge < -0.3 is 4.42 Å². The van der Waals surface area contributed by atoms with Gasteiger partial charge in [0.2, 0.25) is 0 Å². The van der Waals surface area contributed by atoms with Crippen molar-refractivity contribution in [2.45, 2.75) is 0 Å². The number of nitrogens with zero attached hydrogens (tertiary/aromatic N) is 1. The van der Waals surface area contributed by atoms with Crippen LogP contribution >= 0.6 is 0 Å². The van der Waals surface area contributed by atoms with Crippen LogP contribution in [0.15, 0.2) is 27.4 Å². The summed E-state index contributed by atoms with van der Waals surface area (Å²) in [4.78, 5) is 10.9. The lowest BCUT2D eigenvalue weighted by atomic mass is 10.3. The van der Waals surface area contributed by atoms with Gasteiger partial charge in [0, 0.05) is 13.1 Å². The number of fused-ring (bicyclic) bond motifs is 1. The molecule has 4 heteroatoms. The highest BCUT2D eigenvalue weighted by atomic mass is 19.1. The van der Waals surface area contributed by atoms with E-state index in [4.69, 9.17) is 4.42 Å². The highest BCUT2D eigenvalue weighted by Crippen LogP contribution is 2.12. The first-order valence-electron chi connectivity index (χ1n) is 3.30. The summed E-state index contributed by atoms with van der Waals surface area (Å²) in [7, 11) is 3.39. The molecular formula is C8H5FNO2. The van der Waals surface area contributed by atoms with Gasteiger partial charge in [0.25, 0.3) is 0 Å². The molecule has 0 fully saturated rings. The Labute approximate surface area is 67.0 Å². The summed E-state index contributed by atoms with van der Waals surface area (Å²) in [6, 6.07) is 3.83. The molecule has 12 heavy (non-hydrogen) atoms. The third kappa shape index (κ3) is 0.845. The lowest BCUT2D eigenvalue weighted by Crippen LogP contribution is -2.06. The molecule has 1 aromatic heterocycles. The molecule has 61 valence electrons. The topological polar surface area (TPSA) is 35.1 Å². The third-order valence-corrected chi connectivity index (χ3v) is 1.63. The predicted octanol–water partition coefficient (Wildman–Crippen LogP) is 1.37. The zero-order valence-corrected chi connectivity index (χ0v) is 6.08. The minimum Gasteiger partial charge on any atom is -0.408 e. The number of rotatable bonds is 0. The van der Waals surface area contributed by atoms with E-state index >= 15 is 0 Å². The van der Waals surface area contributed by atoms with E-state index in [1.807, 2.05) is 0 Å². The first kappa shape index (κ1) is 7.09. The van der Waals surface area contributed by atoms with Crippen molar-refractivity contribution >= 4 is 11.1 Å². The molecule has 0 aliphatic rings. The highest BCUT2D eigenvalue weighted by molar-refractivity contribution is 5.72. The summed E-state index contributed by atoms with van der Waals surface area (Å²) >= 11 is 0. The average molecular weight is 166 g/mol. The molecule has 0 atom stereocenters. The number of aromatic nitrogens is 1. The largest absolute Gasteiger partial charge is 0.420 e. The first-order chi connectivity index (χ1) is 5.68. The fourth-order valence-corrected chi connectivity index (χ4v) is 1.04. The van der Waals surface area contributed by atoms with Crippen LogP contribution in [0.5, 0.6) is 0 Å². The van der Waals surface area contributed by atoms with Crippen LogP contribution in [0.1, 0.15) is 0 Å². The minimum absolute atomic E-state index is 0.344. The van der Waals surface area contributed by atoms with Crippen LogP contribution in [0.2, 0.25) is 0 Å². The van der Waals surface area contributed by atoms with Crippen molar-refractivity contribution in [3.05, 3.63) is 41.6 Å². The van der Waals surface area contributed by atoms with E-state index in [0.29, 0.717) is 11.1 Å². The molecule has 2 rings (SSSR count). The molecule has 0 bridgehead atoms. The summed E-state index contributed by atoms with van der Waals surface area (Å²) in [6.07, 6.45) is 0. The Morgan fingerprint density at radius 1 is 1.50 bits per heavy atom. The van der Waals surface area contributed by atoms with Gasteiger partial charge in [0.15, 0.2) is 5.58 Å². The normalized spacial score (nSPS) is 10.8. The monoisotopic (exact) mass is 166 g/mol. The van der Waals surface area contributed by atoms with Crippen molar-refractivity contribution in [2.75, 3.05) is 0 Å². The number of hydrogen-bond acceptors (Lipinski definition) is 2. The maximum absolute atomic E-state index is 12.6. The first-order valence-corrected chi connectivity index (χ1v) is 3.30. The second-order valence-electron chi connectivity index (χ2n) is 2.41. The molecule has 0 aliphatic carbocycles. The van der Waals surface area contributed by atoms with Crippen molar-refractivity contribution in [3.8, 4) is 0 Å². The van der Waals surface area contributed by atoms with Crippen LogP contribution < -0.4 is 5.76 Å². The van der Waals surface area contributed by atoms with Gasteiger partial charge in [-0.25, -0.2) is 9.18 Å². The Morgan fingerprint density at radius 2 is 2.25 bits per heavy atom. The number of benzene rings is 1. The minimum atomic E-state index is -0.587. The van der Waals surface area contributed by atoms with E-state index in [1.165, 1.54) is 18.2 Å². The van der Waals surface area contributed by atoms with E-state index < -0.39 is 11.6 Å². The van der Waals surface area contributed by atoms with Crippen LogP contribution in [0.25, 0.3) is 11.1 Å². The molecule has 1 aromatic carbocycles. The van der Waals surface area contributed by atoms with Crippen molar-refractivity contribution in [2.24, 2.45) is 0 Å². The van der Waals surface area contributed by atoms with Gasteiger partial charge in [0.1, 0.15) is 5.82 Å². The maximum Gasteiger partial charge on any atom is 0.420 e. The summed E-state index contributed by atoms with van der Waals surface area (Å²) in [5, 5.41) is 0. The van der Waals surface area contributed by atoms with Gasteiger partial charge in [-0.05, 0) is 12.1 Å². The summed E-state index contributed by atoms with van der Waals surface area (Å²) in [6.45, 7) is 0. The summed E-state index contributed by atoms with van der Waals surface area (Å²) in [5.74, 6) is -1.00. The van der Waals surface area contributed by atoms with Crippen molar-refractivity contribution in [3.63, 3.8) is 0 Å². The molecule has 2 aromatic rings. The second-order valence-corrected chi connectivity index (χ2v) is 2.41. The highest BCUT2D eigenvalue weighted by Gasteiger charge is 2.05. The molecule has 0 aliphatic heterocycles. The Bertz CT molecular complexity index is 483. The van der Waals surface area contributed by atoms with E-state index in [0.717, 1.165) is 4.57 Å². The molecule has 0 unspecified atom stereocenters. The van der Waals surface area contributed by atoms with Crippen LogP contribution in [0.3, 0.4) is 0 Å². The SMILES string of the molecule is [CH2]n1c(=O)oc2ccc(F)cc21. The van der Waals surface area contributed by atoms with Gasteiger partial charge in [-0.15, -0.1) is 0 Å². The fourth-order valence-electron chi connectivity index (χ4n) is 1.04. The molecular weight excluding hydrogens is 161 g/mol. The van der Waals surface area contributed by atoms with Gasteiger partial charge in [-0.2, -0.15) is 0 Å². The molecule has 0 spiro atoms. The number of oxazole rings is 1. The standard InChI is InChI=1S/C8H5FNO2/c1-10-6-4-5(9)2-3-7(6)12-8(10)11/h2-4H,1H2. The van der Waals surface area contributed by atoms with E-state index in [1.54, 1.807) is 0 Å². The molecule has 0 saturated carbocycles. The molecule has 1 radical (unpaired) electrons. The lowest BCUT2D eigenvalue weighted by Gasteiger charge is -1.89. The average Bonchev–Trinajstić information content (AvgIpc) is 2.31. The molecule has 3 nitrogen and oxygen atoms in total. The fraction of sp³-hybridized carbons (Fsp3) is 0. The Balaban J connectivity index is 2.98. The number of halogens is 1. The van der Waals surface area contributed by atoms with Gasteiger partial charge >= 0.3 is 5.76 Å². The van der Waals surface area contributed by atoms with Crippen molar-refractivity contribution < 1.29 is 8.81 Å². The Kier molecular flexibility index (Phi) is 1.30. The third-order valence-electron chi connectivity index (χ3n) is 1.63. The smallest absolute Gasteiger partial charge is 0.408 e. The zero-order valence-electron chi connectivity index (χ0n) is 6.08. The van der Waals surface area contributed by atoms with Crippen molar-refractivity contribution in [1.82, 2.24) is 4.57 Å². The Hall–Kier alpha value is -1.58. The molecule has 1 heterocycles. The maximum atomic E-state index is 12.6. The van der Waals surface area contributed by atoms with E-state index in [-0.39, 0.29) is 0 Å². The summed E-state index contributed by atoms with van der Waals surface area (Å²) < 4.78 is 18.4. The lowest BCUT2D eigenvalue weighted by molar-refractivity contribution is 0.539. The van der Waals surface area contributed by atoms with Gasteiger partial charge in [-0.3, -0.25) is 4.57 Å². The zero-order chi connectivity index (χ0) is 8.72. The summed E-state index contributed by atoms with van der Waals surface area (Å²) in [5.41, 5.74) is 0.705. The van der Waals surface area contributed by atoms with Gasteiger partial charge in [0.05, 0.1) is 5.52 Å². The number of hydrogen-bond donors (Lipinski definition) is 0. The quantitative estimate of drug-likeness (QED) is 0.592. The van der Waals surface area contributed by atoms with Crippen molar-refractivity contribution in [1.29, 1.82) is 0 Å². The molecule has 0 N–H and O–H groups in total. The molecule has 0 saturated heterocycles. The molecule has 0 amide bonds.